The van der Waals surface area contributed by atoms with Gasteiger partial charge < -0.3 is 4.98 Å². The molecule has 7 nitrogen and oxygen atoms in total. The van der Waals surface area contributed by atoms with Crippen molar-refractivity contribution in [1.29, 1.82) is 0 Å². The Kier molecular flexibility index (Phi) is 4.12. The maximum atomic E-state index is 11.8. The fraction of sp³-hybridized carbons (Fsp3) is 0.412. The van der Waals surface area contributed by atoms with Crippen molar-refractivity contribution in [3.63, 3.8) is 0 Å². The van der Waals surface area contributed by atoms with E-state index in [0.717, 1.165) is 28.2 Å². The highest BCUT2D eigenvalue weighted by Crippen LogP contribution is 2.23. The lowest BCUT2D eigenvalue weighted by Gasteiger charge is -2.16. The smallest absolute Gasteiger partial charge is 0.307 e. The number of aromatic amines is 2. The fourth-order valence-corrected chi connectivity index (χ4v) is 4.20. The van der Waals surface area contributed by atoms with Crippen LogP contribution in [0.2, 0.25) is 0 Å². The lowest BCUT2D eigenvalue weighted by Crippen LogP contribution is -2.21. The van der Waals surface area contributed by atoms with Gasteiger partial charge in [-0.25, -0.2) is 9.48 Å². The highest BCUT2D eigenvalue weighted by atomic mass is 32.1. The highest BCUT2D eigenvalue weighted by Gasteiger charge is 2.13. The zero-order valence-electron chi connectivity index (χ0n) is 13.9. The Morgan fingerprint density at radius 3 is 2.80 bits per heavy atom. The van der Waals surface area contributed by atoms with E-state index in [-0.39, 0.29) is 5.56 Å². The van der Waals surface area contributed by atoms with Crippen LogP contribution in [0.1, 0.15) is 32.1 Å². The molecule has 1 aromatic carbocycles. The summed E-state index contributed by atoms with van der Waals surface area (Å²) in [5.41, 5.74) is 0.477. The lowest BCUT2D eigenvalue weighted by molar-refractivity contribution is 0.434. The van der Waals surface area contributed by atoms with Gasteiger partial charge in [-0.2, -0.15) is 5.10 Å². The SMILES string of the molecule is Cn1nc(-c2ccc3c(=O)[nH]c(=O)[nH]c3c2)sc1=NC1CCCCC1. The van der Waals surface area contributed by atoms with E-state index in [1.165, 1.54) is 30.6 Å². The third-order valence-corrected chi connectivity index (χ3v) is 5.62. The molecule has 2 heterocycles. The average molecular weight is 357 g/mol. The molecule has 2 aromatic heterocycles. The highest BCUT2D eigenvalue weighted by molar-refractivity contribution is 7.12. The van der Waals surface area contributed by atoms with Crippen molar-refractivity contribution < 1.29 is 0 Å². The first-order valence-corrected chi connectivity index (χ1v) is 9.26. The van der Waals surface area contributed by atoms with Crippen LogP contribution in [0.4, 0.5) is 0 Å². The van der Waals surface area contributed by atoms with Gasteiger partial charge in [0.1, 0.15) is 5.01 Å². The van der Waals surface area contributed by atoms with Crippen LogP contribution >= 0.6 is 11.3 Å². The molecular formula is C17H19N5O2S. The van der Waals surface area contributed by atoms with Crippen molar-refractivity contribution >= 4 is 22.2 Å². The van der Waals surface area contributed by atoms with E-state index in [2.05, 4.69) is 15.1 Å². The second kappa shape index (κ2) is 6.44. The second-order valence-corrected chi connectivity index (χ2v) is 7.36. The molecule has 8 heteroatoms. The fourth-order valence-electron chi connectivity index (χ4n) is 3.25. The summed E-state index contributed by atoms with van der Waals surface area (Å²) in [6.07, 6.45) is 6.09. The van der Waals surface area contributed by atoms with Crippen LogP contribution < -0.4 is 16.1 Å². The van der Waals surface area contributed by atoms with Gasteiger partial charge in [0.15, 0.2) is 0 Å². The minimum Gasteiger partial charge on any atom is -0.307 e. The standard InChI is InChI=1S/C17H19N5O2S/c1-22-17(18-11-5-3-2-4-6-11)25-15(21-22)10-7-8-12-13(9-10)19-16(24)20-14(12)23/h7-9,11H,2-6H2,1H3,(H2,19,20,23,24). The maximum absolute atomic E-state index is 11.8. The minimum atomic E-state index is -0.507. The normalized spacial score (nSPS) is 16.6. The van der Waals surface area contributed by atoms with Gasteiger partial charge in [-0.15, -0.1) is 0 Å². The Hall–Kier alpha value is -2.48. The summed E-state index contributed by atoms with van der Waals surface area (Å²) in [6.45, 7) is 0. The van der Waals surface area contributed by atoms with Crippen molar-refractivity contribution in [1.82, 2.24) is 19.7 Å². The quantitative estimate of drug-likeness (QED) is 0.733. The molecule has 1 fully saturated rings. The van der Waals surface area contributed by atoms with Crippen LogP contribution in [0.3, 0.4) is 0 Å². The van der Waals surface area contributed by atoms with Gasteiger partial charge in [-0.05, 0) is 25.0 Å². The monoisotopic (exact) mass is 357 g/mol. The number of hydrogen-bond acceptors (Lipinski definition) is 5. The number of aryl methyl sites for hydroxylation is 1. The number of aromatic nitrogens is 4. The van der Waals surface area contributed by atoms with Crippen LogP contribution in [0.25, 0.3) is 21.5 Å². The van der Waals surface area contributed by atoms with E-state index in [0.29, 0.717) is 16.9 Å². The predicted molar refractivity (Wildman–Crippen MR) is 97.7 cm³/mol. The molecule has 130 valence electrons. The largest absolute Gasteiger partial charge is 0.326 e. The molecule has 2 N–H and O–H groups in total. The van der Waals surface area contributed by atoms with Gasteiger partial charge in [-0.3, -0.25) is 14.8 Å². The minimum absolute atomic E-state index is 0.386. The first-order valence-electron chi connectivity index (χ1n) is 8.45. The molecule has 0 saturated heterocycles. The van der Waals surface area contributed by atoms with E-state index in [1.807, 2.05) is 13.1 Å². The predicted octanol–water partition coefficient (Wildman–Crippen LogP) is 1.91. The van der Waals surface area contributed by atoms with Crippen molar-refractivity contribution in [2.45, 2.75) is 38.1 Å². The number of nitrogens with one attached hydrogen (secondary N) is 2. The number of fused-ring (bicyclic) bond motifs is 1. The molecule has 1 aliphatic rings. The summed E-state index contributed by atoms with van der Waals surface area (Å²) in [5.74, 6) is 0. The molecule has 0 bridgehead atoms. The van der Waals surface area contributed by atoms with Gasteiger partial charge in [0.25, 0.3) is 5.56 Å². The Morgan fingerprint density at radius 2 is 2.00 bits per heavy atom. The summed E-state index contributed by atoms with van der Waals surface area (Å²) < 4.78 is 1.80. The van der Waals surface area contributed by atoms with E-state index >= 15 is 0 Å². The van der Waals surface area contributed by atoms with Crippen molar-refractivity contribution in [3.8, 4) is 10.6 Å². The maximum Gasteiger partial charge on any atom is 0.326 e. The molecule has 0 aliphatic heterocycles. The molecule has 0 spiro atoms. The summed E-state index contributed by atoms with van der Waals surface area (Å²) in [4.78, 5) is 34.0. The van der Waals surface area contributed by atoms with Crippen molar-refractivity contribution in [2.75, 3.05) is 0 Å². The molecule has 0 unspecified atom stereocenters. The van der Waals surface area contributed by atoms with Gasteiger partial charge in [0.05, 0.1) is 16.9 Å². The summed E-state index contributed by atoms with van der Waals surface area (Å²) in [6, 6.07) is 5.73. The Bertz CT molecular complexity index is 1100. The van der Waals surface area contributed by atoms with Crippen LogP contribution in [0.15, 0.2) is 32.8 Å². The van der Waals surface area contributed by atoms with Crippen LogP contribution in [-0.4, -0.2) is 25.8 Å². The van der Waals surface area contributed by atoms with E-state index in [9.17, 15) is 9.59 Å². The molecular weight excluding hydrogens is 338 g/mol. The molecule has 0 amide bonds. The Balaban J connectivity index is 1.76. The molecule has 3 aromatic rings. The van der Waals surface area contributed by atoms with Crippen molar-refractivity contribution in [2.24, 2.45) is 12.0 Å². The molecule has 25 heavy (non-hydrogen) atoms. The van der Waals surface area contributed by atoms with Gasteiger partial charge in [-0.1, -0.05) is 36.7 Å². The van der Waals surface area contributed by atoms with Gasteiger partial charge in [0, 0.05) is 12.6 Å². The van der Waals surface area contributed by atoms with Gasteiger partial charge >= 0.3 is 5.69 Å². The number of benzene rings is 1. The van der Waals surface area contributed by atoms with Crippen LogP contribution in [0.5, 0.6) is 0 Å². The van der Waals surface area contributed by atoms with Crippen LogP contribution in [-0.2, 0) is 7.05 Å². The molecule has 1 aliphatic carbocycles. The Morgan fingerprint density at radius 1 is 1.20 bits per heavy atom. The molecule has 0 atom stereocenters. The first-order chi connectivity index (χ1) is 12.1. The Labute approximate surface area is 147 Å². The van der Waals surface area contributed by atoms with E-state index in [4.69, 9.17) is 4.99 Å². The van der Waals surface area contributed by atoms with E-state index < -0.39 is 5.69 Å². The topological polar surface area (TPSA) is 95.9 Å². The first kappa shape index (κ1) is 16.0. The number of rotatable bonds is 2. The summed E-state index contributed by atoms with van der Waals surface area (Å²) in [7, 11) is 1.90. The number of hydrogen-bond donors (Lipinski definition) is 2. The van der Waals surface area contributed by atoms with E-state index in [1.54, 1.807) is 16.8 Å². The lowest BCUT2D eigenvalue weighted by atomic mass is 9.96. The van der Waals surface area contributed by atoms with Gasteiger partial charge in [0.2, 0.25) is 4.80 Å². The number of nitrogens with zero attached hydrogens (tertiary/aromatic N) is 3. The molecule has 4 rings (SSSR count). The van der Waals surface area contributed by atoms with Crippen molar-refractivity contribution in [3.05, 3.63) is 43.8 Å². The second-order valence-electron chi connectivity index (χ2n) is 6.40. The number of H-pyrrole nitrogens is 2. The zero-order valence-corrected chi connectivity index (χ0v) is 14.7. The zero-order chi connectivity index (χ0) is 17.4. The summed E-state index contributed by atoms with van der Waals surface area (Å²) in [5, 5.41) is 5.84. The molecule has 1 saturated carbocycles. The van der Waals surface area contributed by atoms with Crippen LogP contribution in [0, 0.1) is 0 Å². The summed E-state index contributed by atoms with van der Waals surface area (Å²) >= 11 is 1.53. The molecule has 0 radical (unpaired) electrons. The average Bonchev–Trinajstić information content (AvgIpc) is 2.96. The third-order valence-electron chi connectivity index (χ3n) is 4.56. The third kappa shape index (κ3) is 3.21.